The summed E-state index contributed by atoms with van der Waals surface area (Å²) in [5.41, 5.74) is 0.363. The molecule has 0 unspecified atom stereocenters. The zero-order valence-corrected chi connectivity index (χ0v) is 15.1. The monoisotopic (exact) mass is 354 g/mol. The zero-order valence-electron chi connectivity index (χ0n) is 14.3. The van der Waals surface area contributed by atoms with Crippen LogP contribution in [-0.4, -0.2) is 52.0 Å². The smallest absolute Gasteiger partial charge is 0.338 e. The van der Waals surface area contributed by atoms with Gasteiger partial charge in [-0.3, -0.25) is 0 Å². The van der Waals surface area contributed by atoms with Gasteiger partial charge in [-0.25, -0.2) is 13.2 Å². The van der Waals surface area contributed by atoms with Gasteiger partial charge in [-0.05, 0) is 70.0 Å². The van der Waals surface area contributed by atoms with Crippen LogP contribution in [0, 0.1) is 5.92 Å². The van der Waals surface area contributed by atoms with E-state index in [2.05, 4.69) is 5.32 Å². The van der Waals surface area contributed by atoms with Gasteiger partial charge in [0, 0.05) is 13.1 Å². The van der Waals surface area contributed by atoms with Crippen LogP contribution in [0.1, 0.15) is 36.5 Å². The Hall–Kier alpha value is -1.44. The molecule has 0 spiro atoms. The van der Waals surface area contributed by atoms with Gasteiger partial charge in [-0.15, -0.1) is 0 Å². The van der Waals surface area contributed by atoms with Crippen LogP contribution in [0.25, 0.3) is 0 Å². The summed E-state index contributed by atoms with van der Waals surface area (Å²) in [6.07, 6.45) is 2.86. The molecule has 6 nitrogen and oxygen atoms in total. The summed E-state index contributed by atoms with van der Waals surface area (Å²) < 4.78 is 31.9. The van der Waals surface area contributed by atoms with E-state index in [4.69, 9.17) is 4.74 Å². The highest BCUT2D eigenvalue weighted by molar-refractivity contribution is 7.89. The molecule has 1 aliphatic rings. The molecule has 7 heteroatoms. The number of ether oxygens (including phenoxy) is 1. The lowest BCUT2D eigenvalue weighted by atomic mass is 9.95. The van der Waals surface area contributed by atoms with Crippen LogP contribution in [0.15, 0.2) is 29.2 Å². The van der Waals surface area contributed by atoms with Crippen LogP contribution < -0.4 is 5.32 Å². The Labute approximate surface area is 144 Å². The van der Waals surface area contributed by atoms with Crippen LogP contribution in [0.4, 0.5) is 0 Å². The molecule has 0 saturated carbocycles. The molecule has 1 aliphatic heterocycles. The maximum Gasteiger partial charge on any atom is 0.338 e. The highest BCUT2D eigenvalue weighted by Gasteiger charge is 2.29. The molecular formula is C17H26N2O4S. The first kappa shape index (κ1) is 18.9. The molecule has 1 aromatic carbocycles. The molecule has 24 heavy (non-hydrogen) atoms. The lowest BCUT2D eigenvalue weighted by Gasteiger charge is -2.31. The van der Waals surface area contributed by atoms with Gasteiger partial charge >= 0.3 is 5.97 Å². The van der Waals surface area contributed by atoms with Crippen molar-refractivity contribution in [1.82, 2.24) is 9.62 Å². The first-order valence-corrected chi connectivity index (χ1v) is 9.85. The fourth-order valence-corrected chi connectivity index (χ4v) is 4.38. The normalized spacial score (nSPS) is 16.9. The number of esters is 1. The highest BCUT2D eigenvalue weighted by Crippen LogP contribution is 2.25. The molecule has 0 bridgehead atoms. The molecular weight excluding hydrogens is 328 g/mol. The number of rotatable bonds is 7. The van der Waals surface area contributed by atoms with Crippen LogP contribution in [0.5, 0.6) is 0 Å². The van der Waals surface area contributed by atoms with Crippen molar-refractivity contribution in [1.29, 1.82) is 0 Å². The van der Waals surface area contributed by atoms with Crippen molar-refractivity contribution in [2.45, 2.75) is 31.1 Å². The number of sulfonamides is 1. The minimum atomic E-state index is -3.50. The largest absolute Gasteiger partial charge is 0.462 e. The Balaban J connectivity index is 2.02. The Morgan fingerprint density at radius 3 is 2.42 bits per heavy atom. The van der Waals surface area contributed by atoms with Gasteiger partial charge in [0.1, 0.15) is 0 Å². The first-order valence-electron chi connectivity index (χ1n) is 8.41. The predicted molar refractivity (Wildman–Crippen MR) is 92.4 cm³/mol. The van der Waals surface area contributed by atoms with Gasteiger partial charge in [0.2, 0.25) is 10.0 Å². The molecule has 1 heterocycles. The fraction of sp³-hybridized carbons (Fsp3) is 0.588. The minimum absolute atomic E-state index is 0.226. The summed E-state index contributed by atoms with van der Waals surface area (Å²) in [6.45, 7) is 4.09. The molecule has 0 aliphatic carbocycles. The third-order valence-electron chi connectivity index (χ3n) is 4.38. The van der Waals surface area contributed by atoms with E-state index >= 15 is 0 Å². The molecule has 0 atom stereocenters. The first-order chi connectivity index (χ1) is 11.5. The summed E-state index contributed by atoms with van der Waals surface area (Å²) in [5, 5.41) is 3.14. The lowest BCUT2D eigenvalue weighted by molar-refractivity contribution is 0.0526. The Morgan fingerprint density at radius 2 is 1.88 bits per heavy atom. The van der Waals surface area contributed by atoms with Gasteiger partial charge in [0.25, 0.3) is 0 Å². The van der Waals surface area contributed by atoms with Crippen molar-refractivity contribution >= 4 is 16.0 Å². The molecule has 1 fully saturated rings. The molecule has 0 radical (unpaired) electrons. The van der Waals surface area contributed by atoms with E-state index in [1.165, 1.54) is 24.3 Å². The molecule has 0 amide bonds. The predicted octanol–water partition coefficient (Wildman–Crippen LogP) is 1.87. The molecule has 1 saturated heterocycles. The number of piperidine rings is 1. The third-order valence-corrected chi connectivity index (χ3v) is 6.29. The van der Waals surface area contributed by atoms with Crippen LogP contribution in [-0.2, 0) is 14.8 Å². The Kier molecular flexibility index (Phi) is 6.77. The number of nitrogens with one attached hydrogen (secondary N) is 1. The summed E-state index contributed by atoms with van der Waals surface area (Å²) in [7, 11) is -1.57. The topological polar surface area (TPSA) is 75.7 Å². The van der Waals surface area contributed by atoms with E-state index in [9.17, 15) is 13.2 Å². The SMILES string of the molecule is CCOC(=O)c1ccc(S(=O)(=O)N2CCC(CCNC)CC2)cc1. The maximum absolute atomic E-state index is 12.7. The summed E-state index contributed by atoms with van der Waals surface area (Å²) in [5.74, 6) is 0.141. The second kappa shape index (κ2) is 8.60. The van der Waals surface area contributed by atoms with Crippen molar-refractivity contribution in [2.24, 2.45) is 5.92 Å². The summed E-state index contributed by atoms with van der Waals surface area (Å²) in [4.78, 5) is 11.9. The number of carbonyl (C=O) groups is 1. The molecule has 134 valence electrons. The highest BCUT2D eigenvalue weighted by atomic mass is 32.2. The second-order valence-electron chi connectivity index (χ2n) is 5.98. The van der Waals surface area contributed by atoms with E-state index in [0.29, 0.717) is 31.2 Å². The zero-order chi connectivity index (χ0) is 17.6. The van der Waals surface area contributed by atoms with E-state index in [-0.39, 0.29) is 4.90 Å². The number of carbonyl (C=O) groups excluding carboxylic acids is 1. The number of hydrogen-bond donors (Lipinski definition) is 1. The van der Waals surface area contributed by atoms with Crippen molar-refractivity contribution < 1.29 is 17.9 Å². The molecule has 2 rings (SSSR count). The van der Waals surface area contributed by atoms with Crippen LogP contribution >= 0.6 is 0 Å². The van der Waals surface area contributed by atoms with Crippen molar-refractivity contribution in [3.05, 3.63) is 29.8 Å². The molecule has 1 N–H and O–H groups in total. The minimum Gasteiger partial charge on any atom is -0.462 e. The van der Waals surface area contributed by atoms with E-state index in [0.717, 1.165) is 25.8 Å². The van der Waals surface area contributed by atoms with Gasteiger partial charge in [0.15, 0.2) is 0 Å². The summed E-state index contributed by atoms with van der Waals surface area (Å²) in [6, 6.07) is 5.97. The van der Waals surface area contributed by atoms with Crippen molar-refractivity contribution in [2.75, 3.05) is 33.3 Å². The quantitative estimate of drug-likeness (QED) is 0.757. The van der Waals surface area contributed by atoms with Gasteiger partial charge in [-0.2, -0.15) is 4.31 Å². The van der Waals surface area contributed by atoms with Crippen LogP contribution in [0.3, 0.4) is 0 Å². The van der Waals surface area contributed by atoms with Crippen molar-refractivity contribution in [3.8, 4) is 0 Å². The fourth-order valence-electron chi connectivity index (χ4n) is 2.91. The van der Waals surface area contributed by atoms with Crippen molar-refractivity contribution in [3.63, 3.8) is 0 Å². The third kappa shape index (κ3) is 4.55. The standard InChI is InChI=1S/C17H26N2O4S/c1-3-23-17(20)15-4-6-16(7-5-15)24(21,22)19-12-9-14(10-13-19)8-11-18-2/h4-7,14,18H,3,8-13H2,1-2H3. The lowest BCUT2D eigenvalue weighted by Crippen LogP contribution is -2.38. The Bertz CT molecular complexity index is 635. The van der Waals surface area contributed by atoms with E-state index in [1.54, 1.807) is 11.2 Å². The van der Waals surface area contributed by atoms with Gasteiger partial charge in [0.05, 0.1) is 17.1 Å². The molecule has 0 aromatic heterocycles. The van der Waals surface area contributed by atoms with Gasteiger partial charge < -0.3 is 10.1 Å². The summed E-state index contributed by atoms with van der Waals surface area (Å²) >= 11 is 0. The van der Waals surface area contributed by atoms with E-state index in [1.807, 2.05) is 7.05 Å². The van der Waals surface area contributed by atoms with E-state index < -0.39 is 16.0 Å². The van der Waals surface area contributed by atoms with Crippen LogP contribution in [0.2, 0.25) is 0 Å². The number of hydrogen-bond acceptors (Lipinski definition) is 5. The maximum atomic E-state index is 12.7. The van der Waals surface area contributed by atoms with Gasteiger partial charge in [-0.1, -0.05) is 0 Å². The second-order valence-corrected chi connectivity index (χ2v) is 7.92. The average Bonchev–Trinajstić information content (AvgIpc) is 2.60. The molecule has 1 aromatic rings. The number of nitrogens with zero attached hydrogens (tertiary/aromatic N) is 1. The Morgan fingerprint density at radius 1 is 1.25 bits per heavy atom. The average molecular weight is 354 g/mol. The number of benzene rings is 1.